The third-order valence-corrected chi connectivity index (χ3v) is 4.01. The highest BCUT2D eigenvalue weighted by molar-refractivity contribution is 5.76. The molecule has 2 atom stereocenters. The standard InChI is InChI=1S/C18H21N3O3/c19-15(9-12-5-7-13(23)8-6-12)18-20-16-3-1-2-4-17(16)21(18)10-14(24)11-22/h1-8,14-15,22-24H,9-11,19H2. The van der Waals surface area contributed by atoms with E-state index in [2.05, 4.69) is 4.98 Å². The average molecular weight is 327 g/mol. The van der Waals surface area contributed by atoms with Crippen LogP contribution in [0.5, 0.6) is 5.75 Å². The Morgan fingerprint density at radius 1 is 1.08 bits per heavy atom. The monoisotopic (exact) mass is 327 g/mol. The van der Waals surface area contributed by atoms with E-state index in [1.165, 1.54) is 0 Å². The summed E-state index contributed by atoms with van der Waals surface area (Å²) in [6.07, 6.45) is -0.319. The number of hydrogen-bond acceptors (Lipinski definition) is 5. The zero-order chi connectivity index (χ0) is 17.1. The highest BCUT2D eigenvalue weighted by Gasteiger charge is 2.19. The summed E-state index contributed by atoms with van der Waals surface area (Å²) >= 11 is 0. The summed E-state index contributed by atoms with van der Waals surface area (Å²) in [6, 6.07) is 14.2. The van der Waals surface area contributed by atoms with E-state index in [-0.39, 0.29) is 24.9 Å². The van der Waals surface area contributed by atoms with E-state index in [4.69, 9.17) is 10.8 Å². The summed E-state index contributed by atoms with van der Waals surface area (Å²) in [4.78, 5) is 4.61. The second-order valence-electron chi connectivity index (χ2n) is 5.88. The molecule has 6 nitrogen and oxygen atoms in total. The number of aliphatic hydroxyl groups excluding tert-OH is 2. The maximum atomic E-state index is 9.85. The maximum absolute atomic E-state index is 9.85. The summed E-state index contributed by atoms with van der Waals surface area (Å²) in [5.41, 5.74) is 9.03. The van der Waals surface area contributed by atoms with Crippen molar-refractivity contribution in [3.05, 3.63) is 59.9 Å². The molecule has 24 heavy (non-hydrogen) atoms. The number of aromatic hydroxyl groups is 1. The molecule has 0 fully saturated rings. The number of fused-ring (bicyclic) bond motifs is 1. The number of aliphatic hydroxyl groups is 2. The molecule has 6 heteroatoms. The van der Waals surface area contributed by atoms with Crippen LogP contribution < -0.4 is 5.73 Å². The van der Waals surface area contributed by atoms with Crippen LogP contribution in [0.1, 0.15) is 17.4 Å². The van der Waals surface area contributed by atoms with Crippen LogP contribution in [0.4, 0.5) is 0 Å². The number of hydrogen-bond donors (Lipinski definition) is 4. The summed E-state index contributed by atoms with van der Waals surface area (Å²) in [5, 5.41) is 28.4. The van der Waals surface area contributed by atoms with Crippen LogP contribution in [0.15, 0.2) is 48.5 Å². The number of nitrogens with zero attached hydrogens (tertiary/aromatic N) is 2. The van der Waals surface area contributed by atoms with Gasteiger partial charge in [0.25, 0.3) is 0 Å². The van der Waals surface area contributed by atoms with Gasteiger partial charge in [-0.2, -0.15) is 0 Å². The largest absolute Gasteiger partial charge is 0.508 e. The van der Waals surface area contributed by atoms with E-state index in [9.17, 15) is 10.2 Å². The Bertz CT molecular complexity index is 814. The zero-order valence-corrected chi connectivity index (χ0v) is 13.2. The van der Waals surface area contributed by atoms with Crippen molar-refractivity contribution in [1.29, 1.82) is 0 Å². The van der Waals surface area contributed by atoms with Crippen molar-refractivity contribution in [2.45, 2.75) is 25.1 Å². The summed E-state index contributed by atoms with van der Waals surface area (Å²) in [6.45, 7) is -0.0885. The lowest BCUT2D eigenvalue weighted by Crippen LogP contribution is -2.25. The molecule has 0 spiro atoms. The van der Waals surface area contributed by atoms with Crippen molar-refractivity contribution >= 4 is 11.0 Å². The summed E-state index contributed by atoms with van der Waals surface area (Å²) in [7, 11) is 0. The lowest BCUT2D eigenvalue weighted by atomic mass is 10.1. The molecule has 0 amide bonds. The van der Waals surface area contributed by atoms with E-state index >= 15 is 0 Å². The Morgan fingerprint density at radius 2 is 1.79 bits per heavy atom. The van der Waals surface area contributed by atoms with E-state index in [0.717, 1.165) is 16.6 Å². The molecule has 3 rings (SSSR count). The van der Waals surface area contributed by atoms with Crippen LogP contribution in [0.3, 0.4) is 0 Å². The number of para-hydroxylation sites is 2. The molecule has 0 saturated carbocycles. The molecule has 0 aliphatic rings. The van der Waals surface area contributed by atoms with E-state index < -0.39 is 6.10 Å². The molecule has 1 heterocycles. The minimum atomic E-state index is -0.873. The number of imidazole rings is 1. The van der Waals surface area contributed by atoms with Crippen LogP contribution in [0.2, 0.25) is 0 Å². The first-order valence-electron chi connectivity index (χ1n) is 7.86. The quantitative estimate of drug-likeness (QED) is 0.547. The number of aromatic nitrogens is 2. The van der Waals surface area contributed by atoms with Crippen LogP contribution in [0.25, 0.3) is 11.0 Å². The molecular weight excluding hydrogens is 306 g/mol. The topological polar surface area (TPSA) is 105 Å². The SMILES string of the molecule is NC(Cc1ccc(O)cc1)c1nc2ccccc2n1CC(O)CO. The van der Waals surface area contributed by atoms with Gasteiger partial charge in [-0.1, -0.05) is 24.3 Å². The van der Waals surface area contributed by atoms with Gasteiger partial charge in [0.05, 0.1) is 36.3 Å². The van der Waals surface area contributed by atoms with E-state index in [1.54, 1.807) is 12.1 Å². The van der Waals surface area contributed by atoms with Gasteiger partial charge in [-0.3, -0.25) is 0 Å². The first-order chi connectivity index (χ1) is 11.6. The van der Waals surface area contributed by atoms with Crippen LogP contribution in [0, 0.1) is 0 Å². The molecule has 2 aromatic carbocycles. The van der Waals surface area contributed by atoms with Gasteiger partial charge in [0, 0.05) is 0 Å². The van der Waals surface area contributed by atoms with Crippen LogP contribution in [-0.2, 0) is 13.0 Å². The molecule has 126 valence electrons. The second kappa shape index (κ2) is 7.00. The summed E-state index contributed by atoms with van der Waals surface area (Å²) < 4.78 is 1.86. The Kier molecular flexibility index (Phi) is 4.80. The lowest BCUT2D eigenvalue weighted by Gasteiger charge is -2.17. The molecule has 0 saturated heterocycles. The van der Waals surface area contributed by atoms with Gasteiger partial charge in [0.15, 0.2) is 0 Å². The fourth-order valence-corrected chi connectivity index (χ4v) is 2.81. The molecule has 0 bridgehead atoms. The van der Waals surface area contributed by atoms with Gasteiger partial charge in [-0.25, -0.2) is 4.98 Å². The average Bonchev–Trinajstić information content (AvgIpc) is 2.95. The number of benzene rings is 2. The van der Waals surface area contributed by atoms with Gasteiger partial charge >= 0.3 is 0 Å². The fraction of sp³-hybridized carbons (Fsp3) is 0.278. The third kappa shape index (κ3) is 3.41. The number of phenolic OH excluding ortho intramolecular Hbond substituents is 1. The minimum Gasteiger partial charge on any atom is -0.508 e. The first kappa shape index (κ1) is 16.4. The van der Waals surface area contributed by atoms with E-state index in [1.807, 2.05) is 41.0 Å². The Hall–Kier alpha value is -2.41. The molecule has 2 unspecified atom stereocenters. The number of rotatable bonds is 6. The molecule has 0 aliphatic heterocycles. The van der Waals surface area contributed by atoms with E-state index in [0.29, 0.717) is 12.2 Å². The Morgan fingerprint density at radius 3 is 2.50 bits per heavy atom. The molecule has 0 aliphatic carbocycles. The van der Waals surface area contributed by atoms with Crippen molar-refractivity contribution in [3.8, 4) is 5.75 Å². The fourth-order valence-electron chi connectivity index (χ4n) is 2.81. The first-order valence-corrected chi connectivity index (χ1v) is 7.86. The predicted molar refractivity (Wildman–Crippen MR) is 91.6 cm³/mol. The zero-order valence-electron chi connectivity index (χ0n) is 13.2. The van der Waals surface area contributed by atoms with Crippen molar-refractivity contribution in [1.82, 2.24) is 9.55 Å². The molecular formula is C18H21N3O3. The number of phenols is 1. The Balaban J connectivity index is 1.94. The minimum absolute atomic E-state index is 0.214. The summed E-state index contributed by atoms with van der Waals surface area (Å²) in [5.74, 6) is 0.877. The maximum Gasteiger partial charge on any atom is 0.127 e. The smallest absolute Gasteiger partial charge is 0.127 e. The number of nitrogens with two attached hydrogens (primary N) is 1. The van der Waals surface area contributed by atoms with Crippen LogP contribution in [-0.4, -0.2) is 37.6 Å². The molecule has 5 N–H and O–H groups in total. The van der Waals surface area contributed by atoms with Gasteiger partial charge < -0.3 is 25.6 Å². The highest BCUT2D eigenvalue weighted by Crippen LogP contribution is 2.23. The lowest BCUT2D eigenvalue weighted by molar-refractivity contribution is 0.0812. The highest BCUT2D eigenvalue weighted by atomic mass is 16.3. The van der Waals surface area contributed by atoms with Crippen LogP contribution >= 0.6 is 0 Å². The molecule has 0 radical (unpaired) electrons. The van der Waals surface area contributed by atoms with Gasteiger partial charge in [-0.05, 0) is 36.2 Å². The van der Waals surface area contributed by atoms with Crippen molar-refractivity contribution in [2.24, 2.45) is 5.73 Å². The third-order valence-electron chi connectivity index (χ3n) is 4.01. The normalized spacial score (nSPS) is 14.0. The molecule has 3 aromatic rings. The van der Waals surface area contributed by atoms with Gasteiger partial charge in [0.2, 0.25) is 0 Å². The van der Waals surface area contributed by atoms with Crippen molar-refractivity contribution in [3.63, 3.8) is 0 Å². The van der Waals surface area contributed by atoms with Gasteiger partial charge in [0.1, 0.15) is 11.6 Å². The van der Waals surface area contributed by atoms with Gasteiger partial charge in [-0.15, -0.1) is 0 Å². The Labute approximate surface area is 139 Å². The van der Waals surface area contributed by atoms with Crippen molar-refractivity contribution < 1.29 is 15.3 Å². The van der Waals surface area contributed by atoms with Crippen molar-refractivity contribution in [2.75, 3.05) is 6.61 Å². The predicted octanol–water partition coefficient (Wildman–Crippen LogP) is 1.34. The second-order valence-corrected chi connectivity index (χ2v) is 5.88. The molecule has 1 aromatic heterocycles.